The van der Waals surface area contributed by atoms with E-state index in [1.165, 1.54) is 17.1 Å². The molecule has 2 fully saturated rings. The van der Waals surface area contributed by atoms with Gasteiger partial charge in [0.15, 0.2) is 0 Å². The van der Waals surface area contributed by atoms with Crippen LogP contribution < -0.4 is 11.1 Å². The minimum absolute atomic E-state index is 0.0709. The van der Waals surface area contributed by atoms with Crippen LogP contribution in [-0.4, -0.2) is 41.4 Å². The fourth-order valence-electron chi connectivity index (χ4n) is 3.47. The maximum atomic E-state index is 12.4. The first-order valence-electron chi connectivity index (χ1n) is 8.66. The summed E-state index contributed by atoms with van der Waals surface area (Å²) in [7, 11) is 0. The van der Waals surface area contributed by atoms with Crippen LogP contribution in [0.3, 0.4) is 0 Å². The van der Waals surface area contributed by atoms with Crippen molar-refractivity contribution in [2.45, 2.75) is 38.3 Å². The molecule has 0 bridgehead atoms. The zero-order chi connectivity index (χ0) is 16.1. The van der Waals surface area contributed by atoms with Crippen molar-refractivity contribution in [2.24, 2.45) is 11.7 Å². The average molecular weight is 334 g/mol. The van der Waals surface area contributed by atoms with Crippen molar-refractivity contribution in [3.05, 3.63) is 29.8 Å². The van der Waals surface area contributed by atoms with E-state index >= 15 is 0 Å². The molecule has 1 aromatic rings. The zero-order valence-electron chi connectivity index (χ0n) is 13.7. The first-order chi connectivity index (χ1) is 11.2. The molecule has 1 aromatic carbocycles. The fraction of sp³-hybridized carbons (Fsp3) is 0.611. The van der Waals surface area contributed by atoms with E-state index in [0.717, 1.165) is 51.0 Å². The molecule has 126 valence electrons. The van der Waals surface area contributed by atoms with Gasteiger partial charge in [0.2, 0.25) is 5.91 Å². The smallest absolute Gasteiger partial charge is 0.227 e. The van der Waals surface area contributed by atoms with Crippen LogP contribution in [0.1, 0.15) is 31.2 Å². The number of rotatable bonds is 4. The van der Waals surface area contributed by atoms with Crippen molar-refractivity contribution >= 4 is 23.4 Å². The van der Waals surface area contributed by atoms with Gasteiger partial charge >= 0.3 is 0 Å². The number of thioether (sulfide) groups is 1. The van der Waals surface area contributed by atoms with Gasteiger partial charge < -0.3 is 11.1 Å². The lowest BCUT2D eigenvalue weighted by atomic mass is 9.85. The average Bonchev–Trinajstić information content (AvgIpc) is 2.56. The lowest BCUT2D eigenvalue weighted by molar-refractivity contribution is -0.120. The van der Waals surface area contributed by atoms with E-state index < -0.39 is 0 Å². The number of anilines is 1. The summed E-state index contributed by atoms with van der Waals surface area (Å²) >= 11 is 2.03. The molecule has 3 N–H and O–H groups in total. The Morgan fingerprint density at radius 3 is 2.91 bits per heavy atom. The Bertz CT molecular complexity index is 531. The van der Waals surface area contributed by atoms with Crippen molar-refractivity contribution < 1.29 is 4.79 Å². The van der Waals surface area contributed by atoms with Crippen molar-refractivity contribution in [1.82, 2.24) is 4.90 Å². The second kappa shape index (κ2) is 8.18. The van der Waals surface area contributed by atoms with E-state index in [2.05, 4.69) is 22.3 Å². The van der Waals surface area contributed by atoms with Gasteiger partial charge in [-0.2, -0.15) is 11.8 Å². The van der Waals surface area contributed by atoms with Gasteiger partial charge in [0, 0.05) is 48.8 Å². The number of nitrogens with zero attached hydrogens (tertiary/aromatic N) is 1. The molecule has 1 aliphatic carbocycles. The first-order valence-corrected chi connectivity index (χ1v) is 9.81. The molecule has 1 heterocycles. The Hall–Kier alpha value is -1.04. The molecule has 2 aliphatic rings. The van der Waals surface area contributed by atoms with Gasteiger partial charge in [-0.1, -0.05) is 18.6 Å². The summed E-state index contributed by atoms with van der Waals surface area (Å²) < 4.78 is 0. The van der Waals surface area contributed by atoms with Crippen molar-refractivity contribution in [3.63, 3.8) is 0 Å². The molecule has 1 saturated heterocycles. The van der Waals surface area contributed by atoms with Gasteiger partial charge in [0.25, 0.3) is 0 Å². The first kappa shape index (κ1) is 16.8. The summed E-state index contributed by atoms with van der Waals surface area (Å²) in [4.78, 5) is 14.9. The monoisotopic (exact) mass is 333 g/mol. The minimum Gasteiger partial charge on any atom is -0.328 e. The maximum Gasteiger partial charge on any atom is 0.227 e. The van der Waals surface area contributed by atoms with Gasteiger partial charge in [-0.3, -0.25) is 9.69 Å². The molecule has 0 spiro atoms. The highest BCUT2D eigenvalue weighted by atomic mass is 32.2. The van der Waals surface area contributed by atoms with Gasteiger partial charge in [-0.25, -0.2) is 0 Å². The number of nitrogens with two attached hydrogens (primary N) is 1. The largest absolute Gasteiger partial charge is 0.328 e. The van der Waals surface area contributed by atoms with E-state index in [-0.39, 0.29) is 17.9 Å². The van der Waals surface area contributed by atoms with Crippen LogP contribution in [0.25, 0.3) is 0 Å². The Labute approximate surface area is 143 Å². The highest BCUT2D eigenvalue weighted by Gasteiger charge is 2.25. The summed E-state index contributed by atoms with van der Waals surface area (Å²) in [5, 5.41) is 3.09. The predicted octanol–water partition coefficient (Wildman–Crippen LogP) is 2.69. The number of nitrogens with one attached hydrogen (secondary N) is 1. The number of carbonyl (C=O) groups excluding carboxylic acids is 1. The Balaban J connectivity index is 1.57. The van der Waals surface area contributed by atoms with Crippen LogP contribution in [0.4, 0.5) is 5.69 Å². The molecular weight excluding hydrogens is 306 g/mol. The Morgan fingerprint density at radius 2 is 2.13 bits per heavy atom. The van der Waals surface area contributed by atoms with Crippen LogP contribution in [0.5, 0.6) is 0 Å². The molecule has 5 heteroatoms. The highest BCUT2D eigenvalue weighted by Crippen LogP contribution is 2.25. The quantitative estimate of drug-likeness (QED) is 0.889. The van der Waals surface area contributed by atoms with Crippen molar-refractivity contribution in [1.29, 1.82) is 0 Å². The molecule has 4 nitrogen and oxygen atoms in total. The zero-order valence-corrected chi connectivity index (χ0v) is 14.5. The molecule has 0 aromatic heterocycles. The van der Waals surface area contributed by atoms with E-state index in [1.54, 1.807) is 0 Å². The lowest BCUT2D eigenvalue weighted by Crippen LogP contribution is -2.34. The van der Waals surface area contributed by atoms with E-state index in [1.807, 2.05) is 23.9 Å². The molecule has 0 radical (unpaired) electrons. The second-order valence-corrected chi connectivity index (χ2v) is 7.93. The number of hydrogen-bond donors (Lipinski definition) is 2. The number of hydrogen-bond acceptors (Lipinski definition) is 4. The molecule has 2 atom stereocenters. The van der Waals surface area contributed by atoms with Gasteiger partial charge in [0.05, 0.1) is 0 Å². The normalized spacial score (nSPS) is 26.0. The number of amides is 1. The van der Waals surface area contributed by atoms with Crippen molar-refractivity contribution in [2.75, 3.05) is 29.9 Å². The number of benzene rings is 1. The molecule has 3 rings (SSSR count). The lowest BCUT2D eigenvalue weighted by Gasteiger charge is -2.27. The fourth-order valence-corrected chi connectivity index (χ4v) is 4.45. The van der Waals surface area contributed by atoms with E-state index in [0.29, 0.717) is 0 Å². The molecule has 1 saturated carbocycles. The highest BCUT2D eigenvalue weighted by molar-refractivity contribution is 7.99. The summed E-state index contributed by atoms with van der Waals surface area (Å²) in [6.07, 6.45) is 3.89. The molecular formula is C18H27N3OS. The number of carbonyl (C=O) groups is 1. The van der Waals surface area contributed by atoms with Gasteiger partial charge in [-0.15, -0.1) is 0 Å². The Kier molecular flexibility index (Phi) is 5.97. The summed E-state index contributed by atoms with van der Waals surface area (Å²) in [6.45, 7) is 3.28. The van der Waals surface area contributed by atoms with Crippen LogP contribution in [0.15, 0.2) is 24.3 Å². The molecule has 2 unspecified atom stereocenters. The van der Waals surface area contributed by atoms with Crippen molar-refractivity contribution in [3.8, 4) is 0 Å². The third-order valence-electron chi connectivity index (χ3n) is 4.79. The van der Waals surface area contributed by atoms with Crippen LogP contribution in [-0.2, 0) is 11.3 Å². The van der Waals surface area contributed by atoms with Crippen LogP contribution in [0.2, 0.25) is 0 Å². The van der Waals surface area contributed by atoms with Gasteiger partial charge in [-0.05, 0) is 37.0 Å². The summed E-state index contributed by atoms with van der Waals surface area (Å²) in [5.74, 6) is 2.64. The van der Waals surface area contributed by atoms with Gasteiger partial charge in [0.1, 0.15) is 0 Å². The molecule has 23 heavy (non-hydrogen) atoms. The topological polar surface area (TPSA) is 58.4 Å². The summed E-state index contributed by atoms with van der Waals surface area (Å²) in [5.41, 5.74) is 8.19. The summed E-state index contributed by atoms with van der Waals surface area (Å²) in [6, 6.07) is 8.46. The Morgan fingerprint density at radius 1 is 1.30 bits per heavy atom. The van der Waals surface area contributed by atoms with Crippen LogP contribution in [0, 0.1) is 5.92 Å². The predicted molar refractivity (Wildman–Crippen MR) is 97.6 cm³/mol. The second-order valence-electron chi connectivity index (χ2n) is 6.70. The third-order valence-corrected chi connectivity index (χ3v) is 5.73. The molecule has 1 amide bonds. The standard InChI is InChI=1S/C18H27N3OS/c19-16-5-2-4-15(12-16)18(22)20-17-6-1-3-14(11-17)13-21-7-9-23-10-8-21/h1,3,6,11,15-16H,2,4-5,7-10,12-13,19H2,(H,20,22). The van der Waals surface area contributed by atoms with E-state index in [9.17, 15) is 4.79 Å². The molecule has 1 aliphatic heterocycles. The maximum absolute atomic E-state index is 12.4. The SMILES string of the molecule is NC1CCCC(C(=O)Nc2cccc(CN3CCSCC3)c2)C1. The van der Waals surface area contributed by atoms with Crippen LogP contribution >= 0.6 is 11.8 Å². The minimum atomic E-state index is 0.0709. The van der Waals surface area contributed by atoms with E-state index in [4.69, 9.17) is 5.73 Å². The third kappa shape index (κ3) is 4.96.